The van der Waals surface area contributed by atoms with Gasteiger partial charge in [-0.15, -0.1) is 0 Å². The van der Waals surface area contributed by atoms with Crippen molar-refractivity contribution in [3.8, 4) is 11.5 Å². The van der Waals surface area contributed by atoms with Gasteiger partial charge in [-0.2, -0.15) is 0 Å². The fourth-order valence-electron chi connectivity index (χ4n) is 4.65. The average Bonchev–Trinajstić information content (AvgIpc) is 2.98. The molecular weight excluding hydrogens is 613 g/mol. The van der Waals surface area contributed by atoms with Crippen molar-refractivity contribution in [1.82, 2.24) is 10.2 Å². The number of benzene rings is 3. The minimum Gasteiger partial charge on any atom is -0.486 e. The molecule has 1 aliphatic heterocycles. The molecule has 1 N–H and O–H groups in total. The molecule has 0 saturated heterocycles. The molecule has 43 heavy (non-hydrogen) atoms. The number of carbonyl (C=O) groups is 2. The first-order chi connectivity index (χ1) is 20.5. The molecule has 1 aliphatic rings. The normalized spacial score (nSPS) is 14.0. The lowest BCUT2D eigenvalue weighted by molar-refractivity contribution is -0.140. The van der Waals surface area contributed by atoms with Gasteiger partial charge in [-0.1, -0.05) is 66.5 Å². The van der Waals surface area contributed by atoms with E-state index in [9.17, 15) is 18.0 Å². The number of fused-ring (bicyclic) bond motifs is 1. The Labute approximate surface area is 262 Å². The Bertz CT molecular complexity index is 1530. The van der Waals surface area contributed by atoms with Crippen LogP contribution in [-0.2, 0) is 32.6 Å². The predicted molar refractivity (Wildman–Crippen MR) is 168 cm³/mol. The van der Waals surface area contributed by atoms with Crippen molar-refractivity contribution in [2.45, 2.75) is 45.3 Å². The van der Waals surface area contributed by atoms with Gasteiger partial charge in [-0.25, -0.2) is 8.42 Å². The maximum atomic E-state index is 14.3. The van der Waals surface area contributed by atoms with Gasteiger partial charge in [-0.3, -0.25) is 13.9 Å². The summed E-state index contributed by atoms with van der Waals surface area (Å²) >= 11 is 13.0. The second-order valence-corrected chi connectivity index (χ2v) is 13.1. The quantitative estimate of drug-likeness (QED) is 0.294. The molecule has 0 aromatic heterocycles. The molecule has 0 spiro atoms. The van der Waals surface area contributed by atoms with Gasteiger partial charge in [0.25, 0.3) is 0 Å². The van der Waals surface area contributed by atoms with Crippen LogP contribution in [0.5, 0.6) is 11.5 Å². The molecule has 0 saturated carbocycles. The summed E-state index contributed by atoms with van der Waals surface area (Å²) in [6, 6.07) is 17.8. The van der Waals surface area contributed by atoms with Crippen molar-refractivity contribution in [3.63, 3.8) is 0 Å². The van der Waals surface area contributed by atoms with E-state index in [0.29, 0.717) is 46.7 Å². The number of sulfonamides is 1. The van der Waals surface area contributed by atoms with E-state index in [4.69, 9.17) is 32.7 Å². The third-order valence-corrected chi connectivity index (χ3v) is 9.00. The fraction of sp³-hybridized carbons (Fsp3) is 0.355. The van der Waals surface area contributed by atoms with Crippen LogP contribution in [0, 0.1) is 0 Å². The number of hydrogen-bond donors (Lipinski definition) is 1. The summed E-state index contributed by atoms with van der Waals surface area (Å²) in [6.07, 6.45) is 1.88. The van der Waals surface area contributed by atoms with Crippen molar-refractivity contribution in [2.75, 3.05) is 30.3 Å². The summed E-state index contributed by atoms with van der Waals surface area (Å²) in [5, 5.41) is 3.62. The molecule has 12 heteroatoms. The molecule has 3 aromatic carbocycles. The number of rotatable bonds is 12. The first-order valence-electron chi connectivity index (χ1n) is 13.9. The van der Waals surface area contributed by atoms with Crippen molar-refractivity contribution in [3.05, 3.63) is 87.9 Å². The van der Waals surface area contributed by atoms with Crippen LogP contribution >= 0.6 is 23.2 Å². The number of anilines is 1. The average molecular weight is 649 g/mol. The zero-order chi connectivity index (χ0) is 31.1. The van der Waals surface area contributed by atoms with Crippen molar-refractivity contribution >= 4 is 50.7 Å². The number of nitrogens with one attached hydrogen (secondary N) is 1. The van der Waals surface area contributed by atoms with E-state index in [1.807, 2.05) is 44.2 Å². The standard InChI is InChI=1S/C31H35Cl2N3O6S/c1-4-21(2)34-31(38)27(17-22-9-6-5-7-10-22)35(19-24-25(32)11-8-12-26(24)33)30(37)20-36(43(3,39)40)23-13-14-28-29(18-23)42-16-15-41-28/h5-14,18,21,27H,4,15-17,19-20H2,1-3H3,(H,34,38). The van der Waals surface area contributed by atoms with Gasteiger partial charge in [0.15, 0.2) is 11.5 Å². The van der Waals surface area contributed by atoms with E-state index in [2.05, 4.69) is 5.32 Å². The summed E-state index contributed by atoms with van der Waals surface area (Å²) in [4.78, 5) is 29.4. The van der Waals surface area contributed by atoms with Gasteiger partial charge in [0.2, 0.25) is 21.8 Å². The molecule has 0 bridgehead atoms. The van der Waals surface area contributed by atoms with Crippen LogP contribution in [0.4, 0.5) is 5.69 Å². The molecule has 3 aromatic rings. The molecule has 2 unspecified atom stereocenters. The smallest absolute Gasteiger partial charge is 0.244 e. The molecular formula is C31H35Cl2N3O6S. The molecule has 230 valence electrons. The first-order valence-corrected chi connectivity index (χ1v) is 16.5. The van der Waals surface area contributed by atoms with Gasteiger partial charge in [-0.05, 0) is 43.2 Å². The van der Waals surface area contributed by atoms with E-state index in [1.54, 1.807) is 30.3 Å². The van der Waals surface area contributed by atoms with Gasteiger partial charge in [0.05, 0.1) is 11.9 Å². The largest absolute Gasteiger partial charge is 0.486 e. The number of halogens is 2. The maximum Gasteiger partial charge on any atom is 0.244 e. The Hall–Kier alpha value is -3.47. The minimum absolute atomic E-state index is 0.124. The summed E-state index contributed by atoms with van der Waals surface area (Å²) in [5.41, 5.74) is 1.49. The van der Waals surface area contributed by atoms with E-state index in [-0.39, 0.29) is 30.6 Å². The highest BCUT2D eigenvalue weighted by Gasteiger charge is 2.34. The van der Waals surface area contributed by atoms with E-state index >= 15 is 0 Å². The summed E-state index contributed by atoms with van der Waals surface area (Å²) < 4.78 is 38.3. The number of ether oxygens (including phenoxy) is 2. The van der Waals surface area contributed by atoms with Crippen molar-refractivity contribution in [2.24, 2.45) is 0 Å². The summed E-state index contributed by atoms with van der Waals surface area (Å²) in [5.74, 6) is -0.134. The molecule has 9 nitrogen and oxygen atoms in total. The van der Waals surface area contributed by atoms with Crippen LogP contribution in [0.1, 0.15) is 31.4 Å². The third kappa shape index (κ3) is 8.34. The zero-order valence-electron chi connectivity index (χ0n) is 24.3. The van der Waals surface area contributed by atoms with Crippen LogP contribution in [0.2, 0.25) is 10.0 Å². The highest BCUT2D eigenvalue weighted by molar-refractivity contribution is 7.92. The molecule has 0 fully saturated rings. The van der Waals surface area contributed by atoms with E-state index in [1.165, 1.54) is 11.0 Å². The Balaban J connectivity index is 1.77. The second kappa shape index (κ2) is 14.3. The number of nitrogens with zero attached hydrogens (tertiary/aromatic N) is 2. The monoisotopic (exact) mass is 647 g/mol. The SMILES string of the molecule is CCC(C)NC(=O)C(Cc1ccccc1)N(Cc1c(Cl)cccc1Cl)C(=O)CN(c1ccc2c(c1)OCCO2)S(C)(=O)=O. The van der Waals surface area contributed by atoms with E-state index < -0.39 is 28.5 Å². The first kappa shape index (κ1) is 32.4. The summed E-state index contributed by atoms with van der Waals surface area (Å²) in [6.45, 7) is 3.81. The van der Waals surface area contributed by atoms with Crippen molar-refractivity contribution in [1.29, 1.82) is 0 Å². The molecule has 0 aliphatic carbocycles. The number of hydrogen-bond acceptors (Lipinski definition) is 6. The van der Waals surface area contributed by atoms with Gasteiger partial charge in [0.1, 0.15) is 25.8 Å². The lowest BCUT2D eigenvalue weighted by Crippen LogP contribution is -2.54. The number of carbonyl (C=O) groups excluding carboxylic acids is 2. The van der Waals surface area contributed by atoms with Crippen LogP contribution < -0.4 is 19.1 Å². The predicted octanol–water partition coefficient (Wildman–Crippen LogP) is 5.09. The van der Waals surface area contributed by atoms with Gasteiger partial charge >= 0.3 is 0 Å². The zero-order valence-corrected chi connectivity index (χ0v) is 26.6. The Kier molecular flexibility index (Phi) is 10.8. The van der Waals surface area contributed by atoms with Crippen LogP contribution in [0.25, 0.3) is 0 Å². The van der Waals surface area contributed by atoms with Gasteiger partial charge < -0.3 is 19.7 Å². The molecule has 2 amide bonds. The van der Waals surface area contributed by atoms with Crippen LogP contribution in [0.15, 0.2) is 66.7 Å². The van der Waals surface area contributed by atoms with Crippen LogP contribution in [-0.4, -0.2) is 63.2 Å². The highest BCUT2D eigenvalue weighted by atomic mass is 35.5. The molecule has 2 atom stereocenters. The van der Waals surface area contributed by atoms with Gasteiger partial charge in [0, 0.05) is 40.7 Å². The van der Waals surface area contributed by atoms with Crippen LogP contribution in [0.3, 0.4) is 0 Å². The Morgan fingerprint density at radius 3 is 2.23 bits per heavy atom. The van der Waals surface area contributed by atoms with Crippen molar-refractivity contribution < 1.29 is 27.5 Å². The third-order valence-electron chi connectivity index (χ3n) is 7.16. The number of amides is 2. The second-order valence-electron chi connectivity index (χ2n) is 10.3. The summed E-state index contributed by atoms with van der Waals surface area (Å²) in [7, 11) is -3.95. The Morgan fingerprint density at radius 1 is 0.953 bits per heavy atom. The lowest BCUT2D eigenvalue weighted by atomic mass is 10.0. The highest BCUT2D eigenvalue weighted by Crippen LogP contribution is 2.35. The topological polar surface area (TPSA) is 105 Å². The molecule has 1 heterocycles. The maximum absolute atomic E-state index is 14.3. The fourth-order valence-corrected chi connectivity index (χ4v) is 6.01. The molecule has 0 radical (unpaired) electrons. The van der Waals surface area contributed by atoms with E-state index in [0.717, 1.165) is 16.1 Å². The minimum atomic E-state index is -3.95. The Morgan fingerprint density at radius 2 is 1.60 bits per heavy atom. The molecule has 4 rings (SSSR count). The lowest BCUT2D eigenvalue weighted by Gasteiger charge is -2.34.